The van der Waals surface area contributed by atoms with Gasteiger partial charge in [-0.25, -0.2) is 4.68 Å². The van der Waals surface area contributed by atoms with Crippen LogP contribution in [-0.4, -0.2) is 28.0 Å². The third-order valence-corrected chi connectivity index (χ3v) is 4.85. The molecule has 0 unspecified atom stereocenters. The Labute approximate surface area is 151 Å². The molecule has 1 amide bonds. The fraction of sp³-hybridized carbons (Fsp3) is 0.190. The smallest absolute Gasteiger partial charge is 0.299 e. The van der Waals surface area contributed by atoms with E-state index in [4.69, 9.17) is 0 Å². The molecule has 2 heterocycles. The number of aryl methyl sites for hydroxylation is 1. The van der Waals surface area contributed by atoms with E-state index in [9.17, 15) is 9.59 Å². The molecule has 0 radical (unpaired) electrons. The van der Waals surface area contributed by atoms with Crippen molar-refractivity contribution in [3.05, 3.63) is 77.1 Å². The molecule has 0 aliphatic carbocycles. The van der Waals surface area contributed by atoms with Crippen LogP contribution in [0, 0.1) is 13.8 Å². The molecule has 0 fully saturated rings. The molecular weight excluding hydrogens is 326 g/mol. The second-order valence-electron chi connectivity index (χ2n) is 6.46. The van der Waals surface area contributed by atoms with Crippen LogP contribution in [0.3, 0.4) is 0 Å². The number of benzene rings is 2. The van der Waals surface area contributed by atoms with E-state index in [0.717, 1.165) is 23.4 Å². The predicted molar refractivity (Wildman–Crippen MR) is 99.9 cm³/mol. The Morgan fingerprint density at radius 2 is 1.65 bits per heavy atom. The number of para-hydroxylation sites is 2. The summed E-state index contributed by atoms with van der Waals surface area (Å²) in [7, 11) is 0. The quantitative estimate of drug-likeness (QED) is 0.541. The van der Waals surface area contributed by atoms with Gasteiger partial charge in [-0.05, 0) is 44.0 Å². The lowest BCUT2D eigenvalue weighted by atomic mass is 10.1. The van der Waals surface area contributed by atoms with E-state index >= 15 is 0 Å². The van der Waals surface area contributed by atoms with Crippen LogP contribution in [0.2, 0.25) is 0 Å². The molecule has 0 N–H and O–H groups in total. The fourth-order valence-corrected chi connectivity index (χ4v) is 3.57. The van der Waals surface area contributed by atoms with Crippen molar-refractivity contribution in [2.24, 2.45) is 0 Å². The number of rotatable bonds is 3. The van der Waals surface area contributed by atoms with Crippen molar-refractivity contribution < 1.29 is 9.59 Å². The van der Waals surface area contributed by atoms with Gasteiger partial charge in [-0.1, -0.05) is 36.4 Å². The standard InChI is InChI=1S/C21H19N3O2/c1-14-19(15(2)24(22-14)17-9-4-3-5-10-17)20(25)21(26)23-13-12-16-8-6-7-11-18(16)23/h3-11H,12-13H2,1-2H3. The van der Waals surface area contributed by atoms with Crippen LogP contribution in [0.15, 0.2) is 54.6 Å². The fourth-order valence-electron chi connectivity index (χ4n) is 3.57. The number of hydrogen-bond donors (Lipinski definition) is 0. The monoisotopic (exact) mass is 345 g/mol. The summed E-state index contributed by atoms with van der Waals surface area (Å²) in [6.07, 6.45) is 0.774. The first-order valence-electron chi connectivity index (χ1n) is 8.63. The summed E-state index contributed by atoms with van der Waals surface area (Å²) in [6.45, 7) is 4.13. The highest BCUT2D eigenvalue weighted by Gasteiger charge is 2.32. The van der Waals surface area contributed by atoms with Gasteiger partial charge in [0.25, 0.3) is 11.7 Å². The number of amides is 1. The van der Waals surface area contributed by atoms with Gasteiger partial charge in [-0.15, -0.1) is 0 Å². The van der Waals surface area contributed by atoms with Crippen LogP contribution >= 0.6 is 0 Å². The van der Waals surface area contributed by atoms with Crippen LogP contribution in [0.25, 0.3) is 5.69 Å². The number of fused-ring (bicyclic) bond motifs is 1. The van der Waals surface area contributed by atoms with E-state index < -0.39 is 11.7 Å². The number of carbonyl (C=O) groups excluding carboxylic acids is 2. The summed E-state index contributed by atoms with van der Waals surface area (Å²) in [4.78, 5) is 27.5. The van der Waals surface area contributed by atoms with E-state index in [-0.39, 0.29) is 0 Å². The zero-order chi connectivity index (χ0) is 18.3. The predicted octanol–water partition coefficient (Wildman–Crippen LogP) is 3.26. The van der Waals surface area contributed by atoms with Crippen molar-refractivity contribution >= 4 is 17.4 Å². The van der Waals surface area contributed by atoms with Crippen molar-refractivity contribution in [2.45, 2.75) is 20.3 Å². The normalized spacial score (nSPS) is 12.9. The van der Waals surface area contributed by atoms with Crippen molar-refractivity contribution in [3.63, 3.8) is 0 Å². The van der Waals surface area contributed by atoms with Gasteiger partial charge in [0.2, 0.25) is 0 Å². The lowest BCUT2D eigenvalue weighted by Gasteiger charge is -2.16. The molecule has 26 heavy (non-hydrogen) atoms. The third-order valence-electron chi connectivity index (χ3n) is 4.85. The number of ketones is 1. The van der Waals surface area contributed by atoms with Gasteiger partial charge in [0.05, 0.1) is 22.6 Å². The number of Topliss-reactive ketones (excluding diaryl/α,β-unsaturated/α-hetero) is 1. The Hall–Kier alpha value is -3.21. The zero-order valence-corrected chi connectivity index (χ0v) is 14.8. The maximum atomic E-state index is 13.0. The Morgan fingerprint density at radius 3 is 2.42 bits per heavy atom. The first-order chi connectivity index (χ1) is 12.6. The Morgan fingerprint density at radius 1 is 0.962 bits per heavy atom. The summed E-state index contributed by atoms with van der Waals surface area (Å²) in [5.41, 5.74) is 4.43. The molecule has 0 atom stereocenters. The number of nitrogens with zero attached hydrogens (tertiary/aromatic N) is 3. The minimum absolute atomic E-state index is 0.392. The number of anilines is 1. The Bertz CT molecular complexity index is 1010. The topological polar surface area (TPSA) is 55.2 Å². The summed E-state index contributed by atoms with van der Waals surface area (Å²) >= 11 is 0. The first kappa shape index (κ1) is 16.3. The van der Waals surface area contributed by atoms with E-state index in [1.807, 2.05) is 61.5 Å². The SMILES string of the molecule is Cc1nn(-c2ccccc2)c(C)c1C(=O)C(=O)N1CCc2ccccc21. The summed E-state index contributed by atoms with van der Waals surface area (Å²) in [6, 6.07) is 17.3. The average molecular weight is 345 g/mol. The summed E-state index contributed by atoms with van der Waals surface area (Å²) < 4.78 is 1.72. The maximum absolute atomic E-state index is 13.0. The van der Waals surface area contributed by atoms with Gasteiger partial charge >= 0.3 is 0 Å². The molecule has 5 nitrogen and oxygen atoms in total. The van der Waals surface area contributed by atoms with E-state index in [1.54, 1.807) is 16.5 Å². The van der Waals surface area contributed by atoms with Gasteiger partial charge in [-0.2, -0.15) is 5.10 Å². The molecule has 1 aliphatic heterocycles. The second kappa shape index (κ2) is 6.26. The third kappa shape index (κ3) is 2.52. The highest BCUT2D eigenvalue weighted by Crippen LogP contribution is 2.28. The molecule has 1 aliphatic rings. The highest BCUT2D eigenvalue weighted by molar-refractivity contribution is 6.47. The summed E-state index contributed by atoms with van der Waals surface area (Å²) in [5, 5.41) is 4.48. The largest absolute Gasteiger partial charge is 0.305 e. The van der Waals surface area contributed by atoms with Crippen molar-refractivity contribution in [1.82, 2.24) is 9.78 Å². The first-order valence-corrected chi connectivity index (χ1v) is 8.63. The van der Waals surface area contributed by atoms with E-state index in [2.05, 4.69) is 5.10 Å². The number of carbonyl (C=O) groups is 2. The van der Waals surface area contributed by atoms with Gasteiger partial charge in [0.1, 0.15) is 0 Å². The van der Waals surface area contributed by atoms with Gasteiger partial charge < -0.3 is 4.90 Å². The molecule has 0 bridgehead atoms. The Balaban J connectivity index is 1.69. The van der Waals surface area contributed by atoms with E-state index in [0.29, 0.717) is 23.5 Å². The minimum Gasteiger partial charge on any atom is -0.305 e. The molecule has 3 aromatic rings. The molecule has 5 heteroatoms. The molecule has 0 saturated carbocycles. The van der Waals surface area contributed by atoms with Gasteiger partial charge in [0, 0.05) is 12.2 Å². The summed E-state index contributed by atoms with van der Waals surface area (Å²) in [5.74, 6) is -0.993. The minimum atomic E-state index is -0.501. The van der Waals surface area contributed by atoms with Crippen molar-refractivity contribution in [1.29, 1.82) is 0 Å². The lowest BCUT2D eigenvalue weighted by Crippen LogP contribution is -2.35. The van der Waals surface area contributed by atoms with Crippen LogP contribution in [-0.2, 0) is 11.2 Å². The molecule has 4 rings (SSSR count). The van der Waals surface area contributed by atoms with Crippen LogP contribution in [0.5, 0.6) is 0 Å². The highest BCUT2D eigenvalue weighted by atomic mass is 16.2. The zero-order valence-electron chi connectivity index (χ0n) is 14.8. The molecule has 1 aromatic heterocycles. The molecule has 130 valence electrons. The van der Waals surface area contributed by atoms with Gasteiger partial charge in [-0.3, -0.25) is 9.59 Å². The van der Waals surface area contributed by atoms with Crippen LogP contribution in [0.4, 0.5) is 5.69 Å². The van der Waals surface area contributed by atoms with Crippen LogP contribution in [0.1, 0.15) is 27.3 Å². The lowest BCUT2D eigenvalue weighted by molar-refractivity contribution is -0.114. The molecule has 2 aromatic carbocycles. The van der Waals surface area contributed by atoms with Crippen molar-refractivity contribution in [3.8, 4) is 5.69 Å². The van der Waals surface area contributed by atoms with Crippen LogP contribution < -0.4 is 4.90 Å². The van der Waals surface area contributed by atoms with Crippen molar-refractivity contribution in [2.75, 3.05) is 11.4 Å². The number of hydrogen-bond acceptors (Lipinski definition) is 3. The number of aromatic nitrogens is 2. The molecule has 0 saturated heterocycles. The maximum Gasteiger partial charge on any atom is 0.299 e. The van der Waals surface area contributed by atoms with E-state index in [1.165, 1.54) is 0 Å². The Kier molecular flexibility index (Phi) is 3.92. The molecular formula is C21H19N3O2. The second-order valence-corrected chi connectivity index (χ2v) is 6.46. The van der Waals surface area contributed by atoms with Gasteiger partial charge in [0.15, 0.2) is 0 Å². The average Bonchev–Trinajstić information content (AvgIpc) is 3.22. The molecule has 0 spiro atoms.